The van der Waals surface area contributed by atoms with Gasteiger partial charge in [-0.05, 0) is 32.2 Å². The number of nitrogens with zero attached hydrogens (tertiary/aromatic N) is 3. The molecule has 136 valence electrons. The van der Waals surface area contributed by atoms with E-state index in [1.54, 1.807) is 11.3 Å². The fraction of sp³-hybridized carbons (Fsp3) is 0.174. The van der Waals surface area contributed by atoms with Crippen LogP contribution in [0.5, 0.6) is 0 Å². The van der Waals surface area contributed by atoms with Crippen LogP contribution in [0.2, 0.25) is 0 Å². The van der Waals surface area contributed by atoms with Gasteiger partial charge in [0.2, 0.25) is 0 Å². The van der Waals surface area contributed by atoms with Crippen molar-refractivity contribution in [2.75, 3.05) is 0 Å². The summed E-state index contributed by atoms with van der Waals surface area (Å²) in [5.41, 5.74) is 4.74. The van der Waals surface area contributed by atoms with Crippen LogP contribution in [-0.4, -0.2) is 15.3 Å². The molecule has 0 saturated heterocycles. The van der Waals surface area contributed by atoms with Crippen LogP contribution in [0.15, 0.2) is 48.0 Å². The number of ketones is 1. The molecule has 1 aliphatic rings. The van der Waals surface area contributed by atoms with E-state index in [4.69, 9.17) is 4.98 Å². The van der Waals surface area contributed by atoms with E-state index in [0.29, 0.717) is 22.4 Å². The average molecular weight is 383 g/mol. The highest BCUT2D eigenvalue weighted by Gasteiger charge is 2.35. The van der Waals surface area contributed by atoms with E-state index in [9.17, 15) is 10.1 Å². The molecular formula is C23H17N3OS. The van der Waals surface area contributed by atoms with Gasteiger partial charge in [0.25, 0.3) is 0 Å². The highest BCUT2D eigenvalue weighted by Crippen LogP contribution is 2.46. The first-order valence-corrected chi connectivity index (χ1v) is 9.97. The Morgan fingerprint density at radius 3 is 2.46 bits per heavy atom. The SMILES string of the molecule is CC(C)(C)n1cc(C#N)c2c(-c3cccs3)c3c(nc21)-c1ccccc1C3=O. The van der Waals surface area contributed by atoms with Crippen LogP contribution in [-0.2, 0) is 5.54 Å². The lowest BCUT2D eigenvalue weighted by atomic mass is 9.98. The number of rotatable bonds is 1. The number of hydrogen-bond donors (Lipinski definition) is 0. The second kappa shape index (κ2) is 5.63. The van der Waals surface area contributed by atoms with Gasteiger partial charge in [-0.1, -0.05) is 30.3 Å². The zero-order chi connectivity index (χ0) is 19.6. The standard InChI is InChI=1S/C23H17N3OS/c1-23(2,3)26-12-13(11-24)17-18(16-9-6-10-28-16)19-20(25-22(17)26)14-7-4-5-8-15(14)21(19)27/h4-10,12H,1-3H3. The second-order valence-electron chi connectivity index (χ2n) is 7.96. The highest BCUT2D eigenvalue weighted by atomic mass is 32.1. The zero-order valence-corrected chi connectivity index (χ0v) is 16.6. The molecule has 1 aliphatic carbocycles. The maximum Gasteiger partial charge on any atom is 0.196 e. The lowest BCUT2D eigenvalue weighted by molar-refractivity contribution is 0.104. The van der Waals surface area contributed by atoms with E-state index in [-0.39, 0.29) is 11.3 Å². The third-order valence-corrected chi connectivity index (χ3v) is 6.09. The summed E-state index contributed by atoms with van der Waals surface area (Å²) in [5.74, 6) is -0.0178. The topological polar surface area (TPSA) is 58.7 Å². The molecule has 0 spiro atoms. The van der Waals surface area contributed by atoms with E-state index in [1.807, 2.05) is 52.5 Å². The number of pyridine rings is 1. The number of carbonyl (C=O) groups excluding carboxylic acids is 1. The van der Waals surface area contributed by atoms with Crippen LogP contribution in [0.25, 0.3) is 32.7 Å². The summed E-state index contributed by atoms with van der Waals surface area (Å²) in [4.78, 5) is 19.3. The molecular weight excluding hydrogens is 366 g/mol. The van der Waals surface area contributed by atoms with Crippen LogP contribution in [0.4, 0.5) is 0 Å². The maximum absolute atomic E-state index is 13.3. The van der Waals surface area contributed by atoms with Gasteiger partial charge in [0.05, 0.1) is 16.8 Å². The van der Waals surface area contributed by atoms with Gasteiger partial charge in [-0.3, -0.25) is 4.79 Å². The van der Waals surface area contributed by atoms with Gasteiger partial charge < -0.3 is 4.57 Å². The molecule has 5 rings (SSSR count). The van der Waals surface area contributed by atoms with Crippen LogP contribution < -0.4 is 0 Å². The Labute approximate surface area is 166 Å². The number of benzene rings is 1. The van der Waals surface area contributed by atoms with Crippen molar-refractivity contribution in [3.8, 4) is 27.8 Å². The first-order chi connectivity index (χ1) is 13.4. The number of hydrogen-bond acceptors (Lipinski definition) is 4. The molecule has 4 nitrogen and oxygen atoms in total. The van der Waals surface area contributed by atoms with Crippen molar-refractivity contribution < 1.29 is 4.79 Å². The van der Waals surface area contributed by atoms with Crippen molar-refractivity contribution in [2.45, 2.75) is 26.3 Å². The molecule has 0 bridgehead atoms. The summed E-state index contributed by atoms with van der Waals surface area (Å²) in [5, 5.41) is 12.6. The third kappa shape index (κ3) is 2.15. The van der Waals surface area contributed by atoms with Gasteiger partial charge in [0.1, 0.15) is 11.7 Å². The predicted octanol–water partition coefficient (Wildman–Crippen LogP) is 5.60. The minimum absolute atomic E-state index is 0.0178. The lowest BCUT2D eigenvalue weighted by Gasteiger charge is -2.22. The van der Waals surface area contributed by atoms with Gasteiger partial charge in [0, 0.05) is 38.7 Å². The Kier molecular flexibility index (Phi) is 3.40. The number of nitriles is 1. The monoisotopic (exact) mass is 383 g/mol. The molecule has 0 saturated carbocycles. The van der Waals surface area contributed by atoms with Crippen molar-refractivity contribution in [2.24, 2.45) is 0 Å². The Morgan fingerprint density at radius 2 is 1.82 bits per heavy atom. The molecule has 3 aromatic heterocycles. The summed E-state index contributed by atoms with van der Waals surface area (Å²) in [7, 11) is 0. The minimum Gasteiger partial charge on any atom is -0.326 e. The zero-order valence-electron chi connectivity index (χ0n) is 15.8. The number of carbonyl (C=O) groups is 1. The fourth-order valence-electron chi connectivity index (χ4n) is 3.96. The van der Waals surface area contributed by atoms with E-state index < -0.39 is 0 Å². The molecule has 0 atom stereocenters. The minimum atomic E-state index is -0.247. The Balaban J connectivity index is 2.03. The fourth-order valence-corrected chi connectivity index (χ4v) is 4.74. The molecule has 0 aliphatic heterocycles. The molecule has 28 heavy (non-hydrogen) atoms. The number of thiophene rings is 1. The molecule has 0 fully saturated rings. The van der Waals surface area contributed by atoms with Gasteiger partial charge >= 0.3 is 0 Å². The smallest absolute Gasteiger partial charge is 0.196 e. The normalized spacial score (nSPS) is 12.9. The molecule has 4 aromatic rings. The van der Waals surface area contributed by atoms with Crippen LogP contribution in [0, 0.1) is 11.3 Å². The third-order valence-electron chi connectivity index (χ3n) is 5.20. The van der Waals surface area contributed by atoms with Crippen molar-refractivity contribution in [1.82, 2.24) is 9.55 Å². The number of aromatic nitrogens is 2. The summed E-state index contributed by atoms with van der Waals surface area (Å²) in [6, 6.07) is 13.9. The number of fused-ring (bicyclic) bond motifs is 4. The van der Waals surface area contributed by atoms with Crippen molar-refractivity contribution in [3.05, 3.63) is 64.7 Å². The Bertz CT molecular complexity index is 1310. The van der Waals surface area contributed by atoms with Gasteiger partial charge in [-0.2, -0.15) is 5.26 Å². The van der Waals surface area contributed by atoms with Gasteiger partial charge in [0.15, 0.2) is 5.78 Å². The molecule has 5 heteroatoms. The van der Waals surface area contributed by atoms with Crippen molar-refractivity contribution in [1.29, 1.82) is 5.26 Å². The summed E-state index contributed by atoms with van der Waals surface area (Å²) in [6.07, 6.45) is 1.86. The first kappa shape index (κ1) is 16.9. The average Bonchev–Trinajstić information content (AvgIpc) is 3.38. The van der Waals surface area contributed by atoms with Crippen molar-refractivity contribution in [3.63, 3.8) is 0 Å². The van der Waals surface area contributed by atoms with E-state index in [0.717, 1.165) is 27.0 Å². The van der Waals surface area contributed by atoms with Crippen LogP contribution in [0.1, 0.15) is 42.3 Å². The van der Waals surface area contributed by atoms with Crippen LogP contribution >= 0.6 is 11.3 Å². The first-order valence-electron chi connectivity index (χ1n) is 9.09. The predicted molar refractivity (Wildman–Crippen MR) is 112 cm³/mol. The van der Waals surface area contributed by atoms with Crippen LogP contribution in [0.3, 0.4) is 0 Å². The molecule has 0 amide bonds. The molecule has 0 radical (unpaired) electrons. The highest BCUT2D eigenvalue weighted by molar-refractivity contribution is 7.13. The summed E-state index contributed by atoms with van der Waals surface area (Å²) >= 11 is 1.57. The van der Waals surface area contributed by atoms with Gasteiger partial charge in [-0.15, -0.1) is 11.3 Å². The molecule has 3 heterocycles. The summed E-state index contributed by atoms with van der Waals surface area (Å²) < 4.78 is 2.05. The van der Waals surface area contributed by atoms with E-state index in [2.05, 4.69) is 26.8 Å². The Hall–Kier alpha value is -3.23. The lowest BCUT2D eigenvalue weighted by Crippen LogP contribution is -2.21. The molecule has 0 unspecified atom stereocenters. The quantitative estimate of drug-likeness (QED) is 0.378. The largest absolute Gasteiger partial charge is 0.326 e. The summed E-state index contributed by atoms with van der Waals surface area (Å²) in [6.45, 7) is 6.27. The molecule has 1 aromatic carbocycles. The van der Waals surface area contributed by atoms with Crippen molar-refractivity contribution >= 4 is 28.2 Å². The van der Waals surface area contributed by atoms with E-state index in [1.165, 1.54) is 0 Å². The molecule has 0 N–H and O–H groups in total. The van der Waals surface area contributed by atoms with Gasteiger partial charge in [-0.25, -0.2) is 4.98 Å². The Morgan fingerprint density at radius 1 is 1.07 bits per heavy atom. The maximum atomic E-state index is 13.3. The second-order valence-corrected chi connectivity index (χ2v) is 8.90. The van der Waals surface area contributed by atoms with E-state index >= 15 is 0 Å².